The van der Waals surface area contributed by atoms with Crippen LogP contribution < -0.4 is 9.03 Å². The second kappa shape index (κ2) is 7.14. The second-order valence-electron chi connectivity index (χ2n) is 7.12. The largest absolute Gasteiger partial charge is 0.310 e. The molecule has 1 N–H and O–H groups in total. The van der Waals surface area contributed by atoms with Gasteiger partial charge in [-0.25, -0.2) is 0 Å². The number of fused-ring (bicyclic) bond motifs is 1. The van der Waals surface area contributed by atoms with E-state index in [9.17, 15) is 0 Å². The van der Waals surface area contributed by atoms with Crippen LogP contribution in [-0.4, -0.2) is 30.1 Å². The highest BCUT2D eigenvalue weighted by atomic mass is 32.2. The van der Waals surface area contributed by atoms with Crippen molar-refractivity contribution in [3.8, 4) is 0 Å². The van der Waals surface area contributed by atoms with Gasteiger partial charge in [0.05, 0.1) is 23.5 Å². The summed E-state index contributed by atoms with van der Waals surface area (Å²) in [6.07, 6.45) is 5.23. The Hall–Kier alpha value is -0.870. The summed E-state index contributed by atoms with van der Waals surface area (Å²) in [7, 11) is 0. The standard InChI is InChI=1S/C18H29N3S/c1-14(2)8-9-15(3)20-12-10-16(11-13-20)21-18-7-5-4-6-17(18)19-22-21/h4-7,14-16,19H,8-13H2,1-3H3. The van der Waals surface area contributed by atoms with E-state index in [2.05, 4.69) is 59.0 Å². The molecule has 3 nitrogen and oxygen atoms in total. The molecule has 1 atom stereocenters. The van der Waals surface area contributed by atoms with Gasteiger partial charge in [-0.3, -0.25) is 4.31 Å². The Balaban J connectivity index is 1.52. The molecule has 0 saturated carbocycles. The molecule has 1 saturated heterocycles. The van der Waals surface area contributed by atoms with E-state index in [0.717, 1.165) is 12.0 Å². The number of piperidine rings is 1. The third-order valence-electron chi connectivity index (χ3n) is 5.01. The van der Waals surface area contributed by atoms with Crippen LogP contribution in [-0.2, 0) is 0 Å². The summed E-state index contributed by atoms with van der Waals surface area (Å²) in [5.74, 6) is 0.823. The molecule has 0 amide bonds. The van der Waals surface area contributed by atoms with Crippen molar-refractivity contribution in [3.05, 3.63) is 24.3 Å². The Bertz CT molecular complexity index is 483. The minimum atomic E-state index is 0.662. The molecule has 22 heavy (non-hydrogen) atoms. The van der Waals surface area contributed by atoms with Crippen molar-refractivity contribution in [2.24, 2.45) is 5.92 Å². The maximum atomic E-state index is 3.44. The molecule has 0 bridgehead atoms. The van der Waals surface area contributed by atoms with Gasteiger partial charge in [-0.2, -0.15) is 0 Å². The van der Waals surface area contributed by atoms with Gasteiger partial charge in [0, 0.05) is 25.2 Å². The van der Waals surface area contributed by atoms with E-state index in [-0.39, 0.29) is 0 Å². The molecule has 0 aliphatic carbocycles. The van der Waals surface area contributed by atoms with Crippen LogP contribution in [0.5, 0.6) is 0 Å². The van der Waals surface area contributed by atoms with E-state index in [0.29, 0.717) is 6.04 Å². The summed E-state index contributed by atoms with van der Waals surface area (Å²) < 4.78 is 5.93. The first kappa shape index (κ1) is 16.0. The first-order valence-corrected chi connectivity index (χ1v) is 9.47. The molecule has 0 radical (unpaired) electrons. The number of likely N-dealkylation sites (tertiary alicyclic amines) is 1. The van der Waals surface area contributed by atoms with Crippen molar-refractivity contribution in [2.45, 2.75) is 58.5 Å². The molecule has 1 aromatic carbocycles. The highest BCUT2D eigenvalue weighted by molar-refractivity contribution is 8.02. The molecule has 0 aromatic heterocycles. The molecule has 2 aliphatic heterocycles. The fraction of sp³-hybridized carbons (Fsp3) is 0.667. The maximum absolute atomic E-state index is 3.44. The number of para-hydroxylation sites is 2. The average molecular weight is 320 g/mol. The molecule has 4 heteroatoms. The van der Waals surface area contributed by atoms with Crippen LogP contribution in [0.3, 0.4) is 0 Å². The van der Waals surface area contributed by atoms with Gasteiger partial charge in [-0.15, -0.1) is 0 Å². The molecule has 3 rings (SSSR count). The molecule has 0 spiro atoms. The van der Waals surface area contributed by atoms with Gasteiger partial charge in [-0.05, 0) is 50.7 Å². The Labute approximate surface area is 139 Å². The van der Waals surface area contributed by atoms with Gasteiger partial charge in [0.1, 0.15) is 0 Å². The first-order chi connectivity index (χ1) is 10.6. The van der Waals surface area contributed by atoms with Crippen LogP contribution >= 0.6 is 12.1 Å². The van der Waals surface area contributed by atoms with Crippen molar-refractivity contribution in [2.75, 3.05) is 22.1 Å². The van der Waals surface area contributed by atoms with Crippen molar-refractivity contribution >= 4 is 23.5 Å². The minimum absolute atomic E-state index is 0.662. The SMILES string of the molecule is CC(C)CCC(C)N1CCC(N2SNc3ccccc32)CC1. The van der Waals surface area contributed by atoms with Crippen LogP contribution in [0.15, 0.2) is 24.3 Å². The van der Waals surface area contributed by atoms with Crippen molar-refractivity contribution < 1.29 is 0 Å². The molecule has 2 aliphatic rings. The number of hydrogen-bond acceptors (Lipinski definition) is 4. The van der Waals surface area contributed by atoms with E-state index in [4.69, 9.17) is 0 Å². The highest BCUT2D eigenvalue weighted by Gasteiger charge is 2.31. The Morgan fingerprint density at radius 1 is 1.14 bits per heavy atom. The summed E-state index contributed by atoms with van der Waals surface area (Å²) in [4.78, 5) is 2.69. The Kier molecular flexibility index (Phi) is 5.19. The van der Waals surface area contributed by atoms with Crippen LogP contribution in [0.1, 0.15) is 46.5 Å². The van der Waals surface area contributed by atoms with Gasteiger partial charge in [-0.1, -0.05) is 26.0 Å². The van der Waals surface area contributed by atoms with Crippen LogP contribution in [0.25, 0.3) is 0 Å². The average Bonchev–Trinajstić information content (AvgIpc) is 2.97. The quantitative estimate of drug-likeness (QED) is 0.788. The third kappa shape index (κ3) is 3.54. The van der Waals surface area contributed by atoms with E-state index < -0.39 is 0 Å². The lowest BCUT2D eigenvalue weighted by atomic mass is 9.99. The molecular weight excluding hydrogens is 290 g/mol. The number of anilines is 2. The van der Waals surface area contributed by atoms with Crippen molar-refractivity contribution in [3.63, 3.8) is 0 Å². The fourth-order valence-electron chi connectivity index (χ4n) is 3.49. The molecule has 2 heterocycles. The van der Waals surface area contributed by atoms with Crippen LogP contribution in [0.4, 0.5) is 11.4 Å². The number of benzene rings is 1. The molecule has 122 valence electrons. The van der Waals surface area contributed by atoms with E-state index >= 15 is 0 Å². The number of hydrogen-bond donors (Lipinski definition) is 1. The highest BCUT2D eigenvalue weighted by Crippen LogP contribution is 2.42. The summed E-state index contributed by atoms with van der Waals surface area (Å²) in [6, 6.07) is 10.1. The monoisotopic (exact) mass is 319 g/mol. The normalized spacial score (nSPS) is 21.0. The summed E-state index contributed by atoms with van der Waals surface area (Å²) in [5, 5.41) is 0. The third-order valence-corrected chi connectivity index (χ3v) is 6.01. The van der Waals surface area contributed by atoms with Gasteiger partial charge >= 0.3 is 0 Å². The lowest BCUT2D eigenvalue weighted by molar-refractivity contribution is 0.153. The topological polar surface area (TPSA) is 18.5 Å². The van der Waals surface area contributed by atoms with Crippen molar-refractivity contribution in [1.82, 2.24) is 4.90 Å². The molecule has 1 fully saturated rings. The van der Waals surface area contributed by atoms with Gasteiger partial charge in [0.25, 0.3) is 0 Å². The number of rotatable bonds is 5. The summed E-state index contributed by atoms with van der Waals surface area (Å²) >= 11 is 1.77. The summed E-state index contributed by atoms with van der Waals surface area (Å²) in [5.41, 5.74) is 2.62. The van der Waals surface area contributed by atoms with E-state index in [1.165, 1.54) is 50.1 Å². The van der Waals surface area contributed by atoms with Gasteiger partial charge < -0.3 is 9.62 Å². The molecule has 1 aromatic rings. The number of nitrogens with one attached hydrogen (secondary N) is 1. The zero-order valence-corrected chi connectivity index (χ0v) is 14.9. The Morgan fingerprint density at radius 3 is 2.59 bits per heavy atom. The summed E-state index contributed by atoms with van der Waals surface area (Å²) in [6.45, 7) is 9.54. The fourth-order valence-corrected chi connectivity index (χ4v) is 4.48. The first-order valence-electron chi connectivity index (χ1n) is 8.70. The lowest BCUT2D eigenvalue weighted by Gasteiger charge is -2.39. The Morgan fingerprint density at radius 2 is 1.86 bits per heavy atom. The minimum Gasteiger partial charge on any atom is -0.310 e. The molecule has 1 unspecified atom stereocenters. The molecular formula is C18H29N3S. The van der Waals surface area contributed by atoms with Gasteiger partial charge in [0.2, 0.25) is 0 Å². The van der Waals surface area contributed by atoms with E-state index in [1.54, 1.807) is 12.1 Å². The smallest absolute Gasteiger partial charge is 0.0730 e. The van der Waals surface area contributed by atoms with Crippen LogP contribution in [0.2, 0.25) is 0 Å². The van der Waals surface area contributed by atoms with Crippen molar-refractivity contribution in [1.29, 1.82) is 0 Å². The second-order valence-corrected chi connectivity index (χ2v) is 7.90. The predicted octanol–water partition coefficient (Wildman–Crippen LogP) is 4.77. The predicted molar refractivity (Wildman–Crippen MR) is 98.3 cm³/mol. The number of nitrogens with zero attached hydrogens (tertiary/aromatic N) is 2. The van der Waals surface area contributed by atoms with Gasteiger partial charge in [0.15, 0.2) is 0 Å². The van der Waals surface area contributed by atoms with E-state index in [1.807, 2.05) is 0 Å². The maximum Gasteiger partial charge on any atom is 0.0730 e. The van der Waals surface area contributed by atoms with Crippen LogP contribution in [0, 0.1) is 5.92 Å². The zero-order valence-electron chi connectivity index (χ0n) is 14.1. The lowest BCUT2D eigenvalue weighted by Crippen LogP contribution is -2.45. The zero-order chi connectivity index (χ0) is 15.5.